The molecule has 0 radical (unpaired) electrons. The summed E-state index contributed by atoms with van der Waals surface area (Å²) in [6.07, 6.45) is 0. The lowest BCUT2D eigenvalue weighted by Gasteiger charge is -2.26. The number of carbonyl (C=O) groups excluding carboxylic acids is 1. The highest BCUT2D eigenvalue weighted by Crippen LogP contribution is 2.28. The van der Waals surface area contributed by atoms with Crippen LogP contribution in [0.5, 0.6) is 5.75 Å². The van der Waals surface area contributed by atoms with Gasteiger partial charge in [-0.15, -0.1) is 0 Å². The third-order valence-electron chi connectivity index (χ3n) is 4.62. The van der Waals surface area contributed by atoms with Crippen LogP contribution in [0.1, 0.15) is 29.7 Å². The van der Waals surface area contributed by atoms with Gasteiger partial charge >= 0.3 is 6.03 Å². The van der Waals surface area contributed by atoms with Crippen molar-refractivity contribution in [2.24, 2.45) is 0 Å². The first-order chi connectivity index (χ1) is 13.3. The Morgan fingerprint density at radius 2 is 1.71 bits per heavy atom. The van der Waals surface area contributed by atoms with Crippen molar-refractivity contribution >= 4 is 16.1 Å². The van der Waals surface area contributed by atoms with Gasteiger partial charge in [0.05, 0.1) is 18.9 Å². The molecule has 0 saturated carbocycles. The molecule has 2 amide bonds. The van der Waals surface area contributed by atoms with Crippen LogP contribution in [0.2, 0.25) is 0 Å². The van der Waals surface area contributed by atoms with Crippen molar-refractivity contribution in [1.29, 1.82) is 0 Å². The van der Waals surface area contributed by atoms with Crippen LogP contribution in [0.3, 0.4) is 0 Å². The second kappa shape index (κ2) is 9.57. The summed E-state index contributed by atoms with van der Waals surface area (Å²) in [7, 11) is 1.43. The molecule has 0 saturated heterocycles. The van der Waals surface area contributed by atoms with E-state index in [2.05, 4.69) is 10.0 Å². The molecule has 0 aliphatic carbocycles. The molecule has 1 atom stereocenters. The Hall–Kier alpha value is -2.58. The molecule has 2 rings (SSSR count). The van der Waals surface area contributed by atoms with E-state index >= 15 is 0 Å². The minimum atomic E-state index is -3.30. The van der Waals surface area contributed by atoms with E-state index in [1.54, 1.807) is 31.2 Å². The van der Waals surface area contributed by atoms with E-state index in [1.807, 2.05) is 43.3 Å². The van der Waals surface area contributed by atoms with Gasteiger partial charge in [-0.05, 0) is 31.2 Å². The minimum Gasteiger partial charge on any atom is -0.496 e. The van der Waals surface area contributed by atoms with Gasteiger partial charge in [0.25, 0.3) is 0 Å². The van der Waals surface area contributed by atoms with Gasteiger partial charge in [0.15, 0.2) is 0 Å². The average Bonchev–Trinajstić information content (AvgIpc) is 2.71. The van der Waals surface area contributed by atoms with E-state index in [-0.39, 0.29) is 17.8 Å². The van der Waals surface area contributed by atoms with E-state index in [4.69, 9.17) is 4.74 Å². The van der Waals surface area contributed by atoms with Gasteiger partial charge in [-0.2, -0.15) is 0 Å². The quantitative estimate of drug-likeness (QED) is 0.707. The second-order valence-corrected chi connectivity index (χ2v) is 8.39. The van der Waals surface area contributed by atoms with Gasteiger partial charge in [-0.25, -0.2) is 17.9 Å². The Labute approximate surface area is 166 Å². The van der Waals surface area contributed by atoms with E-state index in [9.17, 15) is 13.2 Å². The van der Waals surface area contributed by atoms with E-state index in [0.717, 1.165) is 16.9 Å². The zero-order valence-electron chi connectivity index (χ0n) is 16.6. The highest BCUT2D eigenvalue weighted by molar-refractivity contribution is 7.88. The predicted molar refractivity (Wildman–Crippen MR) is 110 cm³/mol. The van der Waals surface area contributed by atoms with Crippen molar-refractivity contribution in [3.05, 3.63) is 65.2 Å². The fourth-order valence-electron chi connectivity index (χ4n) is 2.74. The molecule has 0 aromatic heterocycles. The molecule has 0 heterocycles. The molecule has 0 bridgehead atoms. The predicted octanol–water partition coefficient (Wildman–Crippen LogP) is 2.65. The summed E-state index contributed by atoms with van der Waals surface area (Å²) in [5, 5.41) is 2.88. The number of nitrogens with one attached hydrogen (secondary N) is 2. The third kappa shape index (κ3) is 5.71. The van der Waals surface area contributed by atoms with Crippen LogP contribution >= 0.6 is 0 Å². The normalized spacial score (nSPS) is 12.3. The molecule has 2 aromatic carbocycles. The van der Waals surface area contributed by atoms with Crippen molar-refractivity contribution in [2.45, 2.75) is 25.3 Å². The lowest BCUT2D eigenvalue weighted by Crippen LogP contribution is -2.38. The molecule has 8 heteroatoms. The molecule has 0 spiro atoms. The fraction of sp³-hybridized carbons (Fsp3) is 0.350. The number of nitrogens with zero attached hydrogens (tertiary/aromatic N) is 1. The number of ether oxygens (including phenoxy) is 1. The third-order valence-corrected chi connectivity index (χ3v) is 5.96. The van der Waals surface area contributed by atoms with Crippen LogP contribution in [-0.4, -0.2) is 40.6 Å². The molecule has 0 aliphatic heterocycles. The van der Waals surface area contributed by atoms with Crippen molar-refractivity contribution in [2.75, 3.05) is 21.2 Å². The SMILES string of the molecule is CNS(=O)(=O)Cc1ccc(CNC(=O)N(C)C(C)c2ccccc2OC)cc1. The number of carbonyl (C=O) groups is 1. The molecule has 1 unspecified atom stereocenters. The number of benzene rings is 2. The smallest absolute Gasteiger partial charge is 0.317 e. The molecular formula is C20H27N3O4S. The lowest BCUT2D eigenvalue weighted by atomic mass is 10.1. The summed E-state index contributed by atoms with van der Waals surface area (Å²) in [5.41, 5.74) is 2.50. The summed E-state index contributed by atoms with van der Waals surface area (Å²) >= 11 is 0. The number of rotatable bonds is 8. The molecule has 0 fully saturated rings. The molecule has 0 aliphatic rings. The Bertz CT molecular complexity index is 898. The first kappa shape index (κ1) is 21.7. The number of para-hydroxylation sites is 1. The van der Waals surface area contributed by atoms with Gasteiger partial charge in [0.2, 0.25) is 10.0 Å². The molecule has 7 nitrogen and oxygen atoms in total. The maximum Gasteiger partial charge on any atom is 0.317 e. The Kier molecular flexibility index (Phi) is 7.42. The number of sulfonamides is 1. The summed E-state index contributed by atoms with van der Waals surface area (Å²) in [6, 6.07) is 14.4. The topological polar surface area (TPSA) is 87.7 Å². The van der Waals surface area contributed by atoms with Crippen molar-refractivity contribution in [3.8, 4) is 5.75 Å². The number of hydrogen-bond donors (Lipinski definition) is 2. The standard InChI is InChI=1S/C20H27N3O4S/c1-15(18-7-5-6-8-19(18)27-4)23(3)20(24)22-13-16-9-11-17(12-10-16)14-28(25,26)21-2/h5-12,15,21H,13-14H2,1-4H3,(H,22,24). The van der Waals surface area contributed by atoms with Crippen molar-refractivity contribution in [3.63, 3.8) is 0 Å². The van der Waals surface area contributed by atoms with Gasteiger partial charge in [-0.1, -0.05) is 42.5 Å². The zero-order chi connectivity index (χ0) is 20.7. The lowest BCUT2D eigenvalue weighted by molar-refractivity contribution is 0.193. The number of amides is 2. The van der Waals surface area contributed by atoms with Crippen molar-refractivity contribution < 1.29 is 17.9 Å². The number of methoxy groups -OCH3 is 1. The van der Waals surface area contributed by atoms with Gasteiger partial charge in [0, 0.05) is 19.2 Å². The molecule has 152 valence electrons. The van der Waals surface area contributed by atoms with Gasteiger partial charge < -0.3 is 15.0 Å². The van der Waals surface area contributed by atoms with E-state index in [1.165, 1.54) is 7.05 Å². The Morgan fingerprint density at radius 1 is 1.11 bits per heavy atom. The summed E-state index contributed by atoms with van der Waals surface area (Å²) in [4.78, 5) is 14.1. The molecular weight excluding hydrogens is 378 g/mol. The average molecular weight is 406 g/mol. The fourth-order valence-corrected chi connectivity index (χ4v) is 3.52. The largest absolute Gasteiger partial charge is 0.496 e. The van der Waals surface area contributed by atoms with Crippen LogP contribution in [0.4, 0.5) is 4.79 Å². The summed E-state index contributed by atoms with van der Waals surface area (Å²) in [6.45, 7) is 2.29. The highest BCUT2D eigenvalue weighted by atomic mass is 32.2. The molecule has 2 aromatic rings. The van der Waals surface area contributed by atoms with Gasteiger partial charge in [-0.3, -0.25) is 0 Å². The van der Waals surface area contributed by atoms with Crippen LogP contribution < -0.4 is 14.8 Å². The maximum absolute atomic E-state index is 12.5. The highest BCUT2D eigenvalue weighted by Gasteiger charge is 2.20. The minimum absolute atomic E-state index is 0.0741. The second-order valence-electron chi connectivity index (χ2n) is 6.47. The number of hydrogen-bond acceptors (Lipinski definition) is 4. The van der Waals surface area contributed by atoms with E-state index < -0.39 is 10.0 Å². The maximum atomic E-state index is 12.5. The number of urea groups is 1. The van der Waals surface area contributed by atoms with Crippen LogP contribution in [0.25, 0.3) is 0 Å². The summed E-state index contributed by atoms with van der Waals surface area (Å²) < 4.78 is 30.8. The first-order valence-electron chi connectivity index (χ1n) is 8.90. The first-order valence-corrected chi connectivity index (χ1v) is 10.5. The van der Waals surface area contributed by atoms with Crippen LogP contribution in [0.15, 0.2) is 48.5 Å². The Morgan fingerprint density at radius 3 is 2.32 bits per heavy atom. The molecule has 2 N–H and O–H groups in total. The Balaban J connectivity index is 1.96. The summed E-state index contributed by atoms with van der Waals surface area (Å²) in [5.74, 6) is 0.664. The van der Waals surface area contributed by atoms with Gasteiger partial charge in [0.1, 0.15) is 5.75 Å². The monoisotopic (exact) mass is 405 g/mol. The van der Waals surface area contributed by atoms with Crippen molar-refractivity contribution in [1.82, 2.24) is 14.9 Å². The van der Waals surface area contributed by atoms with E-state index in [0.29, 0.717) is 12.1 Å². The molecule has 28 heavy (non-hydrogen) atoms. The zero-order valence-corrected chi connectivity index (χ0v) is 17.4. The van der Waals surface area contributed by atoms with Crippen LogP contribution in [0, 0.1) is 0 Å². The van der Waals surface area contributed by atoms with Crippen LogP contribution in [-0.2, 0) is 22.3 Å².